The third-order valence-corrected chi connectivity index (χ3v) is 6.43. The van der Waals surface area contributed by atoms with E-state index in [0.717, 1.165) is 12.0 Å². The minimum atomic E-state index is -0.942. The number of ether oxygens (including phenoxy) is 2. The Labute approximate surface area is 206 Å². The van der Waals surface area contributed by atoms with Gasteiger partial charge in [-0.3, -0.25) is 9.89 Å². The molecule has 9 nitrogen and oxygen atoms in total. The van der Waals surface area contributed by atoms with Crippen LogP contribution in [0, 0.1) is 5.82 Å². The zero-order valence-corrected chi connectivity index (χ0v) is 20.2. The third kappa shape index (κ3) is 4.45. The topological polar surface area (TPSA) is 114 Å². The Kier molecular flexibility index (Phi) is 6.23. The Hall–Kier alpha value is -3.76. The summed E-state index contributed by atoms with van der Waals surface area (Å²) in [5.41, 5.74) is 1.81. The van der Waals surface area contributed by atoms with Crippen LogP contribution in [0.15, 0.2) is 47.0 Å². The van der Waals surface area contributed by atoms with Crippen LogP contribution in [0.5, 0.6) is 5.75 Å². The fourth-order valence-corrected chi connectivity index (χ4v) is 4.39. The van der Waals surface area contributed by atoms with E-state index in [1.54, 1.807) is 62.3 Å². The van der Waals surface area contributed by atoms with E-state index in [1.165, 1.54) is 6.07 Å². The summed E-state index contributed by atoms with van der Waals surface area (Å²) < 4.78 is 30.4. The van der Waals surface area contributed by atoms with Crippen molar-refractivity contribution in [2.75, 3.05) is 26.9 Å². The molecule has 1 fully saturated rings. The van der Waals surface area contributed by atoms with Gasteiger partial charge in [0, 0.05) is 42.3 Å². The number of carbonyl (C=O) groups excluding carboxylic acids is 1. The van der Waals surface area contributed by atoms with Crippen molar-refractivity contribution in [2.45, 2.75) is 31.9 Å². The van der Waals surface area contributed by atoms with Crippen LogP contribution in [0.4, 0.5) is 4.39 Å². The van der Waals surface area contributed by atoms with Gasteiger partial charge in [0.25, 0.3) is 5.91 Å². The van der Waals surface area contributed by atoms with Crippen LogP contribution < -0.4 is 4.74 Å². The monoisotopic (exact) mass is 494 g/mol. The van der Waals surface area contributed by atoms with Crippen molar-refractivity contribution in [3.05, 3.63) is 53.8 Å². The number of hydrogen-bond acceptors (Lipinski definition) is 7. The highest BCUT2D eigenvalue weighted by atomic mass is 19.1. The largest absolute Gasteiger partial charge is 0.488 e. The molecule has 10 heteroatoms. The van der Waals surface area contributed by atoms with Crippen molar-refractivity contribution >= 4 is 16.8 Å². The SMILES string of the molecule is COCCOc1cc2[nH]nc(-c3cc(-c4ccc(C(=O)N5CC[C@@H]5C(C)(C)O)cc4)on3)c2cc1F. The number of aromatic nitrogens is 3. The summed E-state index contributed by atoms with van der Waals surface area (Å²) in [7, 11) is 1.55. The number of H-pyrrole nitrogens is 1. The van der Waals surface area contributed by atoms with E-state index in [1.807, 2.05) is 0 Å². The lowest BCUT2D eigenvalue weighted by Crippen LogP contribution is -2.60. The van der Waals surface area contributed by atoms with E-state index in [-0.39, 0.29) is 24.3 Å². The first-order valence-electron chi connectivity index (χ1n) is 11.7. The number of methoxy groups -OCH3 is 1. The number of aliphatic hydroxyl groups is 1. The summed E-state index contributed by atoms with van der Waals surface area (Å²) in [5.74, 6) is -0.0381. The second kappa shape index (κ2) is 9.36. The van der Waals surface area contributed by atoms with Crippen molar-refractivity contribution < 1.29 is 28.3 Å². The maximum absolute atomic E-state index is 14.6. The summed E-state index contributed by atoms with van der Waals surface area (Å²) in [5, 5.41) is 22.1. The molecule has 0 saturated carbocycles. The van der Waals surface area contributed by atoms with Crippen molar-refractivity contribution in [1.82, 2.24) is 20.3 Å². The van der Waals surface area contributed by atoms with Crippen LogP contribution in [-0.4, -0.2) is 69.8 Å². The molecule has 2 aromatic carbocycles. The average Bonchev–Trinajstić information content (AvgIpc) is 3.44. The normalized spacial score (nSPS) is 15.8. The summed E-state index contributed by atoms with van der Waals surface area (Å²) >= 11 is 0. The van der Waals surface area contributed by atoms with Gasteiger partial charge in [0.15, 0.2) is 17.3 Å². The number of amides is 1. The number of benzene rings is 2. The molecular weight excluding hydrogens is 467 g/mol. The van der Waals surface area contributed by atoms with E-state index < -0.39 is 11.4 Å². The van der Waals surface area contributed by atoms with Crippen molar-refractivity contribution in [3.8, 4) is 28.5 Å². The Morgan fingerprint density at radius 2 is 2.03 bits per heavy atom. The van der Waals surface area contributed by atoms with Gasteiger partial charge in [0.1, 0.15) is 18.0 Å². The molecule has 36 heavy (non-hydrogen) atoms. The molecule has 1 saturated heterocycles. The number of likely N-dealkylation sites (tertiary alicyclic amines) is 1. The Balaban J connectivity index is 1.34. The molecule has 0 aliphatic carbocycles. The fraction of sp³-hybridized carbons (Fsp3) is 0.346. The number of hydrogen-bond donors (Lipinski definition) is 2. The van der Waals surface area contributed by atoms with Gasteiger partial charge in [-0.2, -0.15) is 5.10 Å². The molecule has 0 unspecified atom stereocenters. The van der Waals surface area contributed by atoms with Gasteiger partial charge in [-0.1, -0.05) is 17.3 Å². The van der Waals surface area contributed by atoms with Gasteiger partial charge in [-0.25, -0.2) is 4.39 Å². The zero-order chi connectivity index (χ0) is 25.4. The summed E-state index contributed by atoms with van der Waals surface area (Å²) in [6, 6.07) is 11.4. The molecule has 1 atom stereocenters. The Morgan fingerprint density at radius 3 is 2.69 bits per heavy atom. The molecule has 0 radical (unpaired) electrons. The lowest BCUT2D eigenvalue weighted by Gasteiger charge is -2.47. The predicted octanol–water partition coefficient (Wildman–Crippen LogP) is 4.03. The van der Waals surface area contributed by atoms with Gasteiger partial charge < -0.3 is 24.0 Å². The summed E-state index contributed by atoms with van der Waals surface area (Å²) in [4.78, 5) is 14.6. The maximum Gasteiger partial charge on any atom is 0.254 e. The lowest BCUT2D eigenvalue weighted by atomic mass is 9.87. The van der Waals surface area contributed by atoms with E-state index in [9.17, 15) is 14.3 Å². The Morgan fingerprint density at radius 1 is 1.25 bits per heavy atom. The van der Waals surface area contributed by atoms with Crippen LogP contribution >= 0.6 is 0 Å². The third-order valence-electron chi connectivity index (χ3n) is 6.43. The number of aromatic amines is 1. The number of rotatable bonds is 8. The number of fused-ring (bicyclic) bond motifs is 1. The van der Waals surface area contributed by atoms with Crippen molar-refractivity contribution in [1.29, 1.82) is 0 Å². The summed E-state index contributed by atoms with van der Waals surface area (Å²) in [6.45, 7) is 4.64. The smallest absolute Gasteiger partial charge is 0.254 e. The predicted molar refractivity (Wildman–Crippen MR) is 130 cm³/mol. The highest BCUT2D eigenvalue weighted by molar-refractivity contribution is 5.96. The first kappa shape index (κ1) is 24.0. The van der Waals surface area contributed by atoms with Crippen LogP contribution in [0.2, 0.25) is 0 Å². The lowest BCUT2D eigenvalue weighted by molar-refractivity contribution is -0.0550. The highest BCUT2D eigenvalue weighted by Gasteiger charge is 2.41. The van der Waals surface area contributed by atoms with Crippen LogP contribution in [0.25, 0.3) is 33.6 Å². The minimum absolute atomic E-state index is 0.109. The van der Waals surface area contributed by atoms with Gasteiger partial charge in [0.05, 0.1) is 23.8 Å². The van der Waals surface area contributed by atoms with E-state index >= 15 is 0 Å². The first-order valence-corrected chi connectivity index (χ1v) is 11.7. The molecule has 3 heterocycles. The maximum atomic E-state index is 14.6. The first-order chi connectivity index (χ1) is 17.3. The van der Waals surface area contributed by atoms with Gasteiger partial charge in [-0.15, -0.1) is 0 Å². The number of carbonyl (C=O) groups is 1. The van der Waals surface area contributed by atoms with Crippen molar-refractivity contribution in [3.63, 3.8) is 0 Å². The number of nitrogens with one attached hydrogen (secondary N) is 1. The van der Waals surface area contributed by atoms with Crippen LogP contribution in [-0.2, 0) is 4.74 Å². The van der Waals surface area contributed by atoms with E-state index in [0.29, 0.717) is 46.8 Å². The summed E-state index contributed by atoms with van der Waals surface area (Å²) in [6.07, 6.45) is 0.780. The van der Waals surface area contributed by atoms with Gasteiger partial charge in [-0.05, 0) is 38.5 Å². The van der Waals surface area contributed by atoms with E-state index in [2.05, 4.69) is 15.4 Å². The fourth-order valence-electron chi connectivity index (χ4n) is 4.39. The molecule has 2 aromatic heterocycles. The van der Waals surface area contributed by atoms with Gasteiger partial charge in [0.2, 0.25) is 0 Å². The van der Waals surface area contributed by atoms with E-state index in [4.69, 9.17) is 14.0 Å². The number of halogens is 1. The molecule has 5 rings (SSSR count). The second-order valence-electron chi connectivity index (χ2n) is 9.35. The van der Waals surface area contributed by atoms with Crippen molar-refractivity contribution in [2.24, 2.45) is 0 Å². The molecule has 0 spiro atoms. The molecule has 1 amide bonds. The molecule has 1 aliphatic rings. The molecular formula is C26H27FN4O5. The zero-order valence-electron chi connectivity index (χ0n) is 20.2. The standard InChI is InChI=1S/C26H27FN4O5/c1-26(2,33)23-8-9-31(23)25(32)16-6-4-15(5-7-16)21-14-20(30-36-21)24-17-12-18(27)22(35-11-10-34-3)13-19(17)28-29-24/h4-7,12-14,23,33H,8-11H2,1-3H3,(H,28,29)/t23-/m1/s1. The molecule has 1 aliphatic heterocycles. The Bertz CT molecular complexity index is 1390. The molecule has 4 aromatic rings. The van der Waals surface area contributed by atoms with Crippen LogP contribution in [0.1, 0.15) is 30.6 Å². The quantitative estimate of drug-likeness (QED) is 0.356. The molecule has 0 bridgehead atoms. The van der Waals surface area contributed by atoms with Gasteiger partial charge >= 0.3 is 0 Å². The highest BCUT2D eigenvalue weighted by Crippen LogP contribution is 2.33. The van der Waals surface area contributed by atoms with Crippen LogP contribution in [0.3, 0.4) is 0 Å². The number of nitrogens with zero attached hydrogens (tertiary/aromatic N) is 3. The molecule has 188 valence electrons. The average molecular weight is 495 g/mol. The second-order valence-corrected chi connectivity index (χ2v) is 9.35. The minimum Gasteiger partial charge on any atom is -0.488 e. The molecule has 2 N–H and O–H groups in total.